The van der Waals surface area contributed by atoms with Gasteiger partial charge in [-0.25, -0.2) is 0 Å². The maximum absolute atomic E-state index is 7.59. The third-order valence-electron chi connectivity index (χ3n) is 8.34. The topological polar surface area (TPSA) is 9.23 Å². The second-order valence-electron chi connectivity index (χ2n) is 9.73. The lowest BCUT2D eigenvalue weighted by Crippen LogP contribution is -2.54. The summed E-state index contributed by atoms with van der Waals surface area (Å²) in [4.78, 5) is 0. The number of hydrogen-bond donors (Lipinski definition) is 0. The number of ether oxygens (including phenoxy) is 1. The molecule has 2 bridgehead atoms. The first-order chi connectivity index (χ1) is 16.7. The van der Waals surface area contributed by atoms with Crippen molar-refractivity contribution in [2.75, 3.05) is 0 Å². The summed E-state index contributed by atoms with van der Waals surface area (Å²) in [5.41, 5.74) is 6.46. The minimum Gasteiger partial charge on any atom is -0.347 e. The number of hydrogen-bond acceptors (Lipinski definition) is 1. The molecule has 0 unspecified atom stereocenters. The molecule has 5 aromatic carbocycles. The average Bonchev–Trinajstić information content (AvgIpc) is 3.31. The number of alkyl halides is 1. The summed E-state index contributed by atoms with van der Waals surface area (Å²) in [6, 6.07) is 43.9. The number of benzene rings is 5. The van der Waals surface area contributed by atoms with Gasteiger partial charge >= 0.3 is 0 Å². The number of halogens is 1. The first-order valence-electron chi connectivity index (χ1n) is 11.8. The average molecular weight is 501 g/mol. The van der Waals surface area contributed by atoms with Crippen molar-refractivity contribution in [1.82, 2.24) is 0 Å². The van der Waals surface area contributed by atoms with Gasteiger partial charge < -0.3 is 4.74 Å². The van der Waals surface area contributed by atoms with Gasteiger partial charge in [-0.3, -0.25) is 0 Å². The van der Waals surface area contributed by atoms with Crippen molar-refractivity contribution in [3.05, 3.63) is 155 Å². The van der Waals surface area contributed by atoms with Crippen LogP contribution in [-0.2, 0) is 20.3 Å². The summed E-state index contributed by atoms with van der Waals surface area (Å²) in [6.45, 7) is 0. The van der Waals surface area contributed by atoms with Gasteiger partial charge in [-0.2, -0.15) is 0 Å². The minimum absolute atomic E-state index is 0.160. The molecule has 8 rings (SSSR count). The van der Waals surface area contributed by atoms with Gasteiger partial charge in [0.25, 0.3) is 0 Å². The van der Waals surface area contributed by atoms with Gasteiger partial charge in [-0.1, -0.05) is 125 Å². The van der Waals surface area contributed by atoms with Crippen LogP contribution in [-0.4, -0.2) is 0 Å². The quantitative estimate of drug-likeness (QED) is 0.225. The van der Waals surface area contributed by atoms with E-state index >= 15 is 0 Å². The molecule has 2 heteroatoms. The Morgan fingerprint density at radius 3 is 1.82 bits per heavy atom. The van der Waals surface area contributed by atoms with E-state index in [-0.39, 0.29) is 10.2 Å². The highest BCUT2D eigenvalue weighted by molar-refractivity contribution is 9.09. The SMILES string of the molecule is Br[C@@]12c3ccccc3[C@@H]1[C@@]1(c3ccccc3)O[C@@]2(c2ccccc2)c2cc3ccccc3cc21. The molecule has 3 aliphatic rings. The third kappa shape index (κ3) is 1.92. The highest BCUT2D eigenvalue weighted by Crippen LogP contribution is 2.83. The van der Waals surface area contributed by atoms with E-state index in [1.807, 2.05) is 0 Å². The summed E-state index contributed by atoms with van der Waals surface area (Å²) in [7, 11) is 0. The van der Waals surface area contributed by atoms with Gasteiger partial charge in [-0.15, -0.1) is 0 Å². The zero-order chi connectivity index (χ0) is 22.5. The summed E-state index contributed by atoms with van der Waals surface area (Å²) < 4.78 is 7.23. The Hall–Kier alpha value is -3.20. The molecule has 0 spiro atoms. The van der Waals surface area contributed by atoms with Crippen molar-refractivity contribution >= 4 is 26.7 Å². The fourth-order valence-corrected chi connectivity index (χ4v) is 8.56. The van der Waals surface area contributed by atoms with E-state index in [0.29, 0.717) is 0 Å². The maximum atomic E-state index is 7.59. The first kappa shape index (κ1) is 19.1. The minimum atomic E-state index is -0.636. The Morgan fingerprint density at radius 1 is 0.559 bits per heavy atom. The van der Waals surface area contributed by atoms with Crippen LogP contribution < -0.4 is 0 Å². The predicted molar refractivity (Wildman–Crippen MR) is 139 cm³/mol. The van der Waals surface area contributed by atoms with Gasteiger partial charge in [0, 0.05) is 5.92 Å². The van der Waals surface area contributed by atoms with Crippen LogP contribution in [0.15, 0.2) is 121 Å². The summed E-state index contributed by atoms with van der Waals surface area (Å²) in [5, 5.41) is 2.50. The van der Waals surface area contributed by atoms with E-state index in [1.165, 1.54) is 44.2 Å². The number of fused-ring (bicyclic) bond motifs is 12. The standard InChI is InChI=1S/C32H21BrO/c33-31-26-18-10-9-17-25(26)29(31)30(23-13-3-1-4-14-23)27-19-21-11-7-8-12-22(21)20-28(27)32(31,34-30)24-15-5-2-6-16-24/h1-20,29H/t29-,30+,31+,32+/m1/s1. The molecule has 2 heterocycles. The Kier molecular flexibility index (Phi) is 3.53. The molecule has 0 saturated carbocycles. The van der Waals surface area contributed by atoms with Crippen LogP contribution in [0.1, 0.15) is 39.3 Å². The fourth-order valence-electron chi connectivity index (χ4n) is 7.10. The Bertz CT molecular complexity index is 1610. The summed E-state index contributed by atoms with van der Waals surface area (Å²) >= 11 is 4.39. The molecule has 1 aliphatic carbocycles. The molecule has 4 atom stereocenters. The largest absolute Gasteiger partial charge is 0.347 e. The van der Waals surface area contributed by atoms with Crippen molar-refractivity contribution < 1.29 is 4.74 Å². The van der Waals surface area contributed by atoms with E-state index in [2.05, 4.69) is 137 Å². The lowest BCUT2D eigenvalue weighted by atomic mass is 9.49. The van der Waals surface area contributed by atoms with Crippen molar-refractivity contribution in [3.8, 4) is 0 Å². The molecule has 1 fully saturated rings. The van der Waals surface area contributed by atoms with Crippen LogP contribution in [0, 0.1) is 0 Å². The molecule has 1 saturated heterocycles. The molecule has 2 aliphatic heterocycles. The molecule has 1 nitrogen and oxygen atoms in total. The molecule has 0 N–H and O–H groups in total. The smallest absolute Gasteiger partial charge is 0.140 e. The van der Waals surface area contributed by atoms with E-state index in [0.717, 1.165) is 0 Å². The molecule has 5 aromatic rings. The second kappa shape index (κ2) is 6.27. The zero-order valence-corrected chi connectivity index (χ0v) is 20.0. The van der Waals surface area contributed by atoms with Crippen molar-refractivity contribution in [3.63, 3.8) is 0 Å². The molecule has 0 aromatic heterocycles. The third-order valence-corrected chi connectivity index (χ3v) is 9.79. The molecule has 34 heavy (non-hydrogen) atoms. The van der Waals surface area contributed by atoms with Crippen LogP contribution in [0.25, 0.3) is 10.8 Å². The second-order valence-corrected chi connectivity index (χ2v) is 11.0. The first-order valence-corrected chi connectivity index (χ1v) is 12.6. The molecule has 162 valence electrons. The lowest BCUT2D eigenvalue weighted by molar-refractivity contribution is -0.0471. The van der Waals surface area contributed by atoms with Gasteiger partial charge in [0.2, 0.25) is 0 Å². The van der Waals surface area contributed by atoms with E-state index in [4.69, 9.17) is 4.74 Å². The van der Waals surface area contributed by atoms with E-state index in [1.54, 1.807) is 0 Å². The number of rotatable bonds is 2. The fraction of sp³-hybridized carbons (Fsp3) is 0.125. The van der Waals surface area contributed by atoms with Gasteiger partial charge in [0.05, 0.1) is 4.32 Å². The summed E-state index contributed by atoms with van der Waals surface area (Å²) in [6.07, 6.45) is 0. The predicted octanol–water partition coefficient (Wildman–Crippen LogP) is 7.76. The van der Waals surface area contributed by atoms with Gasteiger partial charge in [0.15, 0.2) is 0 Å². The van der Waals surface area contributed by atoms with Crippen molar-refractivity contribution in [1.29, 1.82) is 0 Å². The van der Waals surface area contributed by atoms with Crippen LogP contribution in [0.2, 0.25) is 0 Å². The van der Waals surface area contributed by atoms with E-state index in [9.17, 15) is 0 Å². The lowest BCUT2D eigenvalue weighted by Gasteiger charge is -2.55. The van der Waals surface area contributed by atoms with Crippen molar-refractivity contribution in [2.24, 2.45) is 0 Å². The highest BCUT2D eigenvalue weighted by atomic mass is 79.9. The maximum Gasteiger partial charge on any atom is 0.140 e. The molecule has 0 amide bonds. The van der Waals surface area contributed by atoms with Gasteiger partial charge in [0.1, 0.15) is 11.2 Å². The van der Waals surface area contributed by atoms with E-state index < -0.39 is 11.2 Å². The normalized spacial score (nSPS) is 29.9. The molecular weight excluding hydrogens is 480 g/mol. The highest BCUT2D eigenvalue weighted by Gasteiger charge is 2.82. The Labute approximate surface area is 207 Å². The molecule has 0 radical (unpaired) electrons. The van der Waals surface area contributed by atoms with Gasteiger partial charge in [-0.05, 0) is 56.3 Å². The Morgan fingerprint density at radius 2 is 1.12 bits per heavy atom. The Balaban J connectivity index is 1.58. The molecular formula is C32H21BrO. The van der Waals surface area contributed by atoms with Crippen LogP contribution in [0.3, 0.4) is 0 Å². The van der Waals surface area contributed by atoms with Crippen LogP contribution in [0.4, 0.5) is 0 Å². The summed E-state index contributed by atoms with van der Waals surface area (Å²) in [5.74, 6) is 0.160. The van der Waals surface area contributed by atoms with Crippen LogP contribution in [0.5, 0.6) is 0 Å². The monoisotopic (exact) mass is 500 g/mol. The van der Waals surface area contributed by atoms with Crippen molar-refractivity contribution in [2.45, 2.75) is 21.4 Å². The zero-order valence-electron chi connectivity index (χ0n) is 18.4. The van der Waals surface area contributed by atoms with Crippen LogP contribution >= 0.6 is 15.9 Å².